The van der Waals surface area contributed by atoms with Gasteiger partial charge in [0.15, 0.2) is 0 Å². The average molecular weight is 388 g/mol. The quantitative estimate of drug-likeness (QED) is 0.180. The van der Waals surface area contributed by atoms with E-state index in [2.05, 4.69) is 14.8 Å². The van der Waals surface area contributed by atoms with Crippen molar-refractivity contribution in [2.75, 3.05) is 33.5 Å². The van der Waals surface area contributed by atoms with E-state index in [1.165, 1.54) is 13.5 Å². The van der Waals surface area contributed by atoms with Gasteiger partial charge < -0.3 is 0 Å². The lowest BCUT2D eigenvalue weighted by Gasteiger charge is -2.22. The molecule has 0 aromatic heterocycles. The van der Waals surface area contributed by atoms with Crippen molar-refractivity contribution < 1.29 is 47.8 Å². The van der Waals surface area contributed by atoms with Crippen molar-refractivity contribution in [2.24, 2.45) is 0 Å². The summed E-state index contributed by atoms with van der Waals surface area (Å²) in [7, 11) is -2.46. The minimum absolute atomic E-state index is 0.00354. The van der Waals surface area contributed by atoms with Crippen molar-refractivity contribution in [1.82, 2.24) is 0 Å². The summed E-state index contributed by atoms with van der Waals surface area (Å²) in [6, 6.07) is 0. The van der Waals surface area contributed by atoms with Gasteiger partial charge in [0.2, 0.25) is 0 Å². The van der Waals surface area contributed by atoms with E-state index >= 15 is 0 Å². The lowest BCUT2D eigenvalue weighted by atomic mass is 9.98. The van der Waals surface area contributed by atoms with Gasteiger partial charge in [-0.05, 0) is 26.7 Å². The van der Waals surface area contributed by atoms with Crippen molar-refractivity contribution in [3.8, 4) is 0 Å². The van der Waals surface area contributed by atoms with Gasteiger partial charge in [0, 0.05) is 0 Å². The summed E-state index contributed by atoms with van der Waals surface area (Å²) in [6.07, 6.45) is 4.83. The standard InChI is InChI=1S/C14H29O10P/c1-4-19-25(15,20-11-10-17-23-16-3)22-13(2)12-18-24-21-14-8-6-5-7-9-14/h13-14H,4-12H2,1-3H3. The maximum atomic E-state index is 12.4. The Balaban J connectivity index is 2.19. The molecule has 1 fully saturated rings. The molecule has 25 heavy (non-hydrogen) atoms. The van der Waals surface area contributed by atoms with Gasteiger partial charge in [0.05, 0.1) is 32.5 Å². The summed E-state index contributed by atoms with van der Waals surface area (Å²) < 4.78 is 27.9. The van der Waals surface area contributed by atoms with Gasteiger partial charge in [-0.2, -0.15) is 0 Å². The molecule has 0 aromatic carbocycles. The van der Waals surface area contributed by atoms with Crippen molar-refractivity contribution in [2.45, 2.75) is 58.2 Å². The third-order valence-corrected chi connectivity index (χ3v) is 4.90. The van der Waals surface area contributed by atoms with Crippen LogP contribution in [0.3, 0.4) is 0 Å². The van der Waals surface area contributed by atoms with Gasteiger partial charge in [-0.25, -0.2) is 24.1 Å². The number of phosphoric acid groups is 1. The minimum atomic E-state index is -3.75. The van der Waals surface area contributed by atoms with Crippen LogP contribution < -0.4 is 0 Å². The molecule has 0 saturated heterocycles. The molecule has 0 aliphatic heterocycles. The number of rotatable bonds is 15. The Bertz CT molecular complexity index is 364. The highest BCUT2D eigenvalue weighted by Gasteiger charge is 2.29. The molecule has 0 aromatic rings. The van der Waals surface area contributed by atoms with E-state index in [4.69, 9.17) is 28.4 Å². The first-order valence-electron chi connectivity index (χ1n) is 8.44. The zero-order chi connectivity index (χ0) is 18.4. The molecular formula is C14H29O10P. The maximum Gasteiger partial charge on any atom is 0.475 e. The normalized spacial score (nSPS) is 19.6. The third-order valence-electron chi connectivity index (χ3n) is 3.21. The SMILES string of the molecule is CCOP(=O)(OCCOOOC)OC(C)COOOC1CCCCC1. The Labute approximate surface area is 148 Å². The molecule has 1 rings (SSSR count). The third kappa shape index (κ3) is 11.2. The highest BCUT2D eigenvalue weighted by Crippen LogP contribution is 2.50. The van der Waals surface area contributed by atoms with Gasteiger partial charge in [-0.15, -0.1) is 0 Å². The van der Waals surface area contributed by atoms with Gasteiger partial charge in [0.25, 0.3) is 0 Å². The fourth-order valence-electron chi connectivity index (χ4n) is 2.14. The first-order chi connectivity index (χ1) is 12.1. The van der Waals surface area contributed by atoms with Crippen LogP contribution in [-0.2, 0) is 47.8 Å². The topological polar surface area (TPSA) is 100 Å². The molecule has 1 saturated carbocycles. The summed E-state index contributed by atoms with van der Waals surface area (Å²) in [4.78, 5) is 18.9. The second-order valence-corrected chi connectivity index (χ2v) is 7.00. The first-order valence-corrected chi connectivity index (χ1v) is 9.90. The largest absolute Gasteiger partial charge is 0.475 e. The van der Waals surface area contributed by atoms with Crippen LogP contribution in [0.5, 0.6) is 0 Å². The molecule has 0 bridgehead atoms. The lowest BCUT2D eigenvalue weighted by Crippen LogP contribution is -2.20. The van der Waals surface area contributed by atoms with Crippen LogP contribution in [0.2, 0.25) is 0 Å². The van der Waals surface area contributed by atoms with Crippen LogP contribution in [0.4, 0.5) is 0 Å². The maximum absolute atomic E-state index is 12.4. The van der Waals surface area contributed by atoms with Gasteiger partial charge in [-0.1, -0.05) is 29.3 Å². The van der Waals surface area contributed by atoms with Gasteiger partial charge in [0.1, 0.15) is 13.2 Å². The van der Waals surface area contributed by atoms with Crippen LogP contribution in [0, 0.1) is 0 Å². The molecule has 0 N–H and O–H groups in total. The van der Waals surface area contributed by atoms with Gasteiger partial charge in [-0.3, -0.25) is 13.6 Å². The number of hydrogen-bond acceptors (Lipinski definition) is 10. The molecule has 1 aliphatic rings. The molecule has 10 nitrogen and oxygen atoms in total. The van der Waals surface area contributed by atoms with Crippen molar-refractivity contribution in [3.05, 3.63) is 0 Å². The molecular weight excluding hydrogens is 359 g/mol. The van der Waals surface area contributed by atoms with E-state index in [0.29, 0.717) is 0 Å². The van der Waals surface area contributed by atoms with Crippen molar-refractivity contribution in [1.29, 1.82) is 0 Å². The van der Waals surface area contributed by atoms with E-state index in [1.807, 2.05) is 0 Å². The molecule has 150 valence electrons. The molecule has 1 aliphatic carbocycles. The summed E-state index contributed by atoms with van der Waals surface area (Å²) in [5.74, 6) is 0. The first kappa shape index (κ1) is 22.9. The van der Waals surface area contributed by atoms with Crippen LogP contribution >= 0.6 is 7.82 Å². The number of phosphoric ester groups is 1. The summed E-state index contributed by atoms with van der Waals surface area (Å²) in [6.45, 7) is 3.38. The minimum Gasteiger partial charge on any atom is -0.287 e. The predicted octanol–water partition coefficient (Wildman–Crippen LogP) is 3.27. The van der Waals surface area contributed by atoms with Crippen LogP contribution in [0.1, 0.15) is 46.0 Å². The highest BCUT2D eigenvalue weighted by molar-refractivity contribution is 7.48. The Morgan fingerprint density at radius 3 is 2.48 bits per heavy atom. The summed E-state index contributed by atoms with van der Waals surface area (Å²) in [5, 5.41) is 8.94. The average Bonchev–Trinajstić information content (AvgIpc) is 2.59. The predicted molar refractivity (Wildman–Crippen MR) is 84.8 cm³/mol. The molecule has 0 spiro atoms. The highest BCUT2D eigenvalue weighted by atomic mass is 31.2. The Morgan fingerprint density at radius 2 is 1.80 bits per heavy atom. The Morgan fingerprint density at radius 1 is 1.04 bits per heavy atom. The zero-order valence-corrected chi connectivity index (χ0v) is 15.9. The molecule has 2 unspecified atom stereocenters. The Hall–Kier alpha value is -0.130. The molecule has 0 radical (unpaired) electrons. The van der Waals surface area contributed by atoms with E-state index in [1.54, 1.807) is 13.8 Å². The zero-order valence-electron chi connectivity index (χ0n) is 15.0. The second kappa shape index (κ2) is 14.0. The fraction of sp³-hybridized carbons (Fsp3) is 1.00. The van der Waals surface area contributed by atoms with E-state index in [0.717, 1.165) is 25.7 Å². The second-order valence-electron chi connectivity index (χ2n) is 5.38. The molecule has 11 heteroatoms. The number of hydrogen-bond donors (Lipinski definition) is 0. The Kier molecular flexibility index (Phi) is 12.8. The summed E-state index contributed by atoms with van der Waals surface area (Å²) in [5.41, 5.74) is 0. The monoisotopic (exact) mass is 388 g/mol. The molecule has 2 atom stereocenters. The van der Waals surface area contributed by atoms with E-state index in [-0.39, 0.29) is 32.5 Å². The molecule has 0 amide bonds. The van der Waals surface area contributed by atoms with Gasteiger partial charge >= 0.3 is 7.82 Å². The van der Waals surface area contributed by atoms with E-state index < -0.39 is 13.9 Å². The van der Waals surface area contributed by atoms with Crippen LogP contribution in [0.15, 0.2) is 0 Å². The lowest BCUT2D eigenvalue weighted by molar-refractivity contribution is -0.530. The smallest absolute Gasteiger partial charge is 0.287 e. The van der Waals surface area contributed by atoms with Crippen molar-refractivity contribution >= 4 is 7.82 Å². The van der Waals surface area contributed by atoms with Crippen molar-refractivity contribution in [3.63, 3.8) is 0 Å². The van der Waals surface area contributed by atoms with E-state index in [9.17, 15) is 4.57 Å². The summed E-state index contributed by atoms with van der Waals surface area (Å²) >= 11 is 0. The fourth-order valence-corrected chi connectivity index (χ4v) is 3.45. The van der Waals surface area contributed by atoms with Crippen LogP contribution in [0.25, 0.3) is 0 Å². The van der Waals surface area contributed by atoms with Crippen LogP contribution in [-0.4, -0.2) is 45.7 Å². The molecule has 0 heterocycles.